The van der Waals surface area contributed by atoms with E-state index in [1.165, 1.54) is 22.5 Å². The number of likely N-dealkylation sites (N-methyl/N-ethyl adjacent to an activating group) is 1. The number of hydrogen-bond donors (Lipinski definition) is 2. The minimum Gasteiger partial charge on any atom is -0.496 e. The summed E-state index contributed by atoms with van der Waals surface area (Å²) in [4.78, 5) is 36.1. The van der Waals surface area contributed by atoms with E-state index in [1.807, 2.05) is 31.2 Å². The molecule has 2 fully saturated rings. The first-order valence-electron chi connectivity index (χ1n) is 14.8. The minimum atomic E-state index is -1.42. The zero-order chi connectivity index (χ0) is 30.1. The van der Waals surface area contributed by atoms with Crippen molar-refractivity contribution >= 4 is 28.2 Å². The van der Waals surface area contributed by atoms with E-state index in [-0.39, 0.29) is 24.5 Å². The number of methoxy groups -OCH3 is 1. The SMILES string of the molecule is CNC(=O)C1(N2C(=O)c3c(sc(-c4ncco4)c3C)N(C[C@H](OC3CCOCC3)c3ccccc3OC)C2O)CCCC1. The van der Waals surface area contributed by atoms with Crippen LogP contribution in [0.5, 0.6) is 5.75 Å². The normalized spacial score (nSPS) is 21.1. The highest BCUT2D eigenvalue weighted by molar-refractivity contribution is 7.20. The molecule has 1 aromatic carbocycles. The molecule has 0 bridgehead atoms. The number of anilines is 1. The smallest absolute Gasteiger partial charge is 0.261 e. The lowest BCUT2D eigenvalue weighted by Crippen LogP contribution is -2.68. The molecule has 12 heteroatoms. The molecule has 1 saturated carbocycles. The molecule has 2 aliphatic heterocycles. The summed E-state index contributed by atoms with van der Waals surface area (Å²) >= 11 is 1.34. The van der Waals surface area contributed by atoms with Crippen molar-refractivity contribution in [3.63, 3.8) is 0 Å². The quantitative estimate of drug-likeness (QED) is 0.366. The maximum atomic E-state index is 14.4. The van der Waals surface area contributed by atoms with Gasteiger partial charge in [0, 0.05) is 25.8 Å². The number of nitrogens with one attached hydrogen (secondary N) is 1. The number of para-hydroxylation sites is 1. The highest BCUT2D eigenvalue weighted by Gasteiger charge is 2.55. The van der Waals surface area contributed by atoms with Crippen LogP contribution in [0.15, 0.2) is 41.1 Å². The fraction of sp³-hybridized carbons (Fsp3) is 0.516. The lowest BCUT2D eigenvalue weighted by molar-refractivity contribution is -0.139. The molecule has 230 valence electrons. The summed E-state index contributed by atoms with van der Waals surface area (Å²) in [5.41, 5.74) is 0.777. The summed E-state index contributed by atoms with van der Waals surface area (Å²) in [6, 6.07) is 7.68. The molecule has 6 rings (SSSR count). The molecule has 1 saturated heterocycles. The fourth-order valence-corrected chi connectivity index (χ4v) is 7.96. The van der Waals surface area contributed by atoms with Crippen LogP contribution in [0.4, 0.5) is 5.00 Å². The number of oxazole rings is 1. The van der Waals surface area contributed by atoms with E-state index in [2.05, 4.69) is 10.3 Å². The van der Waals surface area contributed by atoms with Gasteiger partial charge in [0.1, 0.15) is 28.7 Å². The van der Waals surface area contributed by atoms with Gasteiger partial charge in [-0.2, -0.15) is 0 Å². The maximum absolute atomic E-state index is 14.4. The Labute approximate surface area is 254 Å². The van der Waals surface area contributed by atoms with Gasteiger partial charge in [-0.15, -0.1) is 11.3 Å². The molecule has 2 aromatic heterocycles. The second-order valence-corrected chi connectivity index (χ2v) is 12.2. The number of carbonyl (C=O) groups is 2. The summed E-state index contributed by atoms with van der Waals surface area (Å²) in [6.07, 6.45) is 5.03. The number of aromatic nitrogens is 1. The second kappa shape index (κ2) is 12.3. The third kappa shape index (κ3) is 5.20. The Morgan fingerprint density at radius 1 is 1.26 bits per heavy atom. The van der Waals surface area contributed by atoms with Gasteiger partial charge in [0.2, 0.25) is 18.1 Å². The molecule has 0 spiro atoms. The monoisotopic (exact) mass is 610 g/mol. The van der Waals surface area contributed by atoms with E-state index in [0.29, 0.717) is 58.7 Å². The number of thiophene rings is 1. The van der Waals surface area contributed by atoms with Crippen molar-refractivity contribution in [2.75, 3.05) is 38.8 Å². The number of nitrogens with zero attached hydrogens (tertiary/aromatic N) is 3. The Morgan fingerprint density at radius 3 is 2.67 bits per heavy atom. The van der Waals surface area contributed by atoms with Crippen LogP contribution in [0.1, 0.15) is 66.1 Å². The number of carbonyl (C=O) groups excluding carboxylic acids is 2. The Hall–Kier alpha value is -3.45. The number of rotatable bonds is 9. The summed E-state index contributed by atoms with van der Waals surface area (Å²) in [5.74, 6) is 0.406. The molecule has 3 aliphatic rings. The van der Waals surface area contributed by atoms with Crippen molar-refractivity contribution in [1.29, 1.82) is 0 Å². The average molecular weight is 611 g/mol. The van der Waals surface area contributed by atoms with Crippen LogP contribution >= 0.6 is 11.3 Å². The molecule has 1 aliphatic carbocycles. The largest absolute Gasteiger partial charge is 0.496 e. The van der Waals surface area contributed by atoms with Crippen molar-refractivity contribution in [3.8, 4) is 16.5 Å². The Bertz CT molecular complexity index is 1450. The summed E-state index contributed by atoms with van der Waals surface area (Å²) in [7, 11) is 3.19. The van der Waals surface area contributed by atoms with E-state index >= 15 is 0 Å². The molecular weight excluding hydrogens is 572 g/mol. The number of amides is 2. The zero-order valence-corrected chi connectivity index (χ0v) is 25.5. The topological polar surface area (TPSA) is 127 Å². The minimum absolute atomic E-state index is 0.0530. The van der Waals surface area contributed by atoms with Crippen molar-refractivity contribution in [2.45, 2.75) is 69.5 Å². The lowest BCUT2D eigenvalue weighted by atomic mass is 9.91. The standard InChI is InChI=1S/C31H38N4O7S/c1-19-24-27(36)35(31(29(37)32-2)12-6-7-13-31)30(38)34(28(24)43-25(19)26-33-14-17-41-26)18-23(42-20-10-15-40-16-11-20)21-8-4-5-9-22(21)39-3/h4-5,8-9,14,17,20,23,30,38H,6-7,10-13,15-16,18H2,1-3H3,(H,32,37)/t23-,30?/m0/s1. The van der Waals surface area contributed by atoms with Gasteiger partial charge in [0.15, 0.2) is 0 Å². The zero-order valence-electron chi connectivity index (χ0n) is 24.7. The van der Waals surface area contributed by atoms with E-state index in [1.54, 1.807) is 25.3 Å². The number of aliphatic hydroxyl groups excluding tert-OH is 1. The average Bonchev–Trinajstić information content (AvgIpc) is 3.80. The number of fused-ring (bicyclic) bond motifs is 1. The first kappa shape index (κ1) is 29.6. The third-order valence-electron chi connectivity index (χ3n) is 8.87. The summed E-state index contributed by atoms with van der Waals surface area (Å²) < 4.78 is 23.7. The van der Waals surface area contributed by atoms with Gasteiger partial charge < -0.3 is 34.0 Å². The van der Waals surface area contributed by atoms with Crippen LogP contribution in [-0.2, 0) is 14.3 Å². The molecule has 2 N–H and O–H groups in total. The molecule has 0 radical (unpaired) electrons. The highest BCUT2D eigenvalue weighted by atomic mass is 32.1. The van der Waals surface area contributed by atoms with Crippen molar-refractivity contribution in [2.24, 2.45) is 0 Å². The molecule has 2 amide bonds. The predicted molar refractivity (Wildman–Crippen MR) is 160 cm³/mol. The number of hydrogen-bond acceptors (Lipinski definition) is 10. The number of benzene rings is 1. The maximum Gasteiger partial charge on any atom is 0.261 e. The number of aliphatic hydroxyl groups is 1. The van der Waals surface area contributed by atoms with Crippen molar-refractivity contribution in [3.05, 3.63) is 53.4 Å². The van der Waals surface area contributed by atoms with Gasteiger partial charge in [0.05, 0.1) is 36.4 Å². The van der Waals surface area contributed by atoms with E-state index < -0.39 is 18.0 Å². The number of ether oxygens (including phenoxy) is 3. The predicted octanol–water partition coefficient (Wildman–Crippen LogP) is 4.25. The van der Waals surface area contributed by atoms with Gasteiger partial charge in [-0.3, -0.25) is 14.5 Å². The van der Waals surface area contributed by atoms with E-state index in [9.17, 15) is 14.7 Å². The molecule has 1 unspecified atom stereocenters. The molecular formula is C31H38N4O7S. The van der Waals surface area contributed by atoms with Crippen LogP contribution < -0.4 is 15.0 Å². The lowest BCUT2D eigenvalue weighted by Gasteiger charge is -2.49. The van der Waals surface area contributed by atoms with Gasteiger partial charge in [-0.05, 0) is 44.2 Å². The Balaban J connectivity index is 1.48. The highest BCUT2D eigenvalue weighted by Crippen LogP contribution is 2.49. The first-order valence-corrected chi connectivity index (χ1v) is 15.6. The Morgan fingerprint density at radius 2 is 2.00 bits per heavy atom. The molecule has 43 heavy (non-hydrogen) atoms. The Kier molecular flexibility index (Phi) is 8.45. The summed E-state index contributed by atoms with van der Waals surface area (Å²) in [5, 5.41) is 15.5. The van der Waals surface area contributed by atoms with Crippen LogP contribution in [-0.4, -0.2) is 78.7 Å². The van der Waals surface area contributed by atoms with Crippen molar-refractivity contribution < 1.29 is 33.3 Å². The van der Waals surface area contributed by atoms with Crippen LogP contribution in [0.25, 0.3) is 10.8 Å². The van der Waals surface area contributed by atoms with Crippen LogP contribution in [0.2, 0.25) is 0 Å². The van der Waals surface area contributed by atoms with Crippen molar-refractivity contribution in [1.82, 2.24) is 15.2 Å². The van der Waals surface area contributed by atoms with E-state index in [0.717, 1.165) is 31.2 Å². The second-order valence-electron chi connectivity index (χ2n) is 11.2. The first-order chi connectivity index (χ1) is 20.9. The van der Waals surface area contributed by atoms with E-state index in [4.69, 9.17) is 18.6 Å². The third-order valence-corrected chi connectivity index (χ3v) is 10.2. The molecule has 3 aromatic rings. The van der Waals surface area contributed by atoms with Gasteiger partial charge in [-0.25, -0.2) is 4.98 Å². The summed E-state index contributed by atoms with van der Waals surface area (Å²) in [6.45, 7) is 3.28. The molecule has 4 heterocycles. The van der Waals surface area contributed by atoms with Gasteiger partial charge >= 0.3 is 0 Å². The van der Waals surface area contributed by atoms with Crippen LogP contribution in [0.3, 0.4) is 0 Å². The molecule has 2 atom stereocenters. The van der Waals surface area contributed by atoms with Gasteiger partial charge in [-0.1, -0.05) is 31.0 Å². The van der Waals surface area contributed by atoms with Crippen LogP contribution in [0, 0.1) is 6.92 Å². The fourth-order valence-electron chi connectivity index (χ4n) is 6.69. The van der Waals surface area contributed by atoms with Gasteiger partial charge in [0.25, 0.3) is 5.91 Å². The molecule has 11 nitrogen and oxygen atoms in total.